The predicted molar refractivity (Wildman–Crippen MR) is 94.4 cm³/mol. The van der Waals surface area contributed by atoms with E-state index in [1.54, 1.807) is 56.2 Å². The lowest BCUT2D eigenvalue weighted by Gasteiger charge is -2.28. The van der Waals surface area contributed by atoms with Gasteiger partial charge in [-0.25, -0.2) is 9.59 Å². The second-order valence-corrected chi connectivity index (χ2v) is 6.83. The Hall–Kier alpha value is -2.63. The lowest BCUT2D eigenvalue weighted by Crippen LogP contribution is -2.46. The van der Waals surface area contributed by atoms with Gasteiger partial charge in [0.15, 0.2) is 0 Å². The summed E-state index contributed by atoms with van der Waals surface area (Å²) < 4.78 is 5.32. The van der Waals surface area contributed by atoms with Crippen molar-refractivity contribution in [3.63, 3.8) is 0 Å². The van der Waals surface area contributed by atoms with Gasteiger partial charge in [-0.15, -0.1) is 0 Å². The minimum absolute atomic E-state index is 0.169. The molecule has 1 aromatic carbocycles. The third-order valence-corrected chi connectivity index (χ3v) is 3.59. The summed E-state index contributed by atoms with van der Waals surface area (Å²) in [5, 5.41) is 0. The molecule has 6 heteroatoms. The van der Waals surface area contributed by atoms with Crippen molar-refractivity contribution in [1.29, 1.82) is 0 Å². The molecule has 1 aliphatic rings. The van der Waals surface area contributed by atoms with Gasteiger partial charge in [-0.3, -0.25) is 4.79 Å². The highest BCUT2D eigenvalue weighted by atomic mass is 16.6. The molecule has 0 aromatic heterocycles. The van der Waals surface area contributed by atoms with Crippen LogP contribution in [0.1, 0.15) is 39.2 Å². The number of nitrogens with zero attached hydrogens (tertiary/aromatic N) is 2. The van der Waals surface area contributed by atoms with E-state index in [0.29, 0.717) is 18.7 Å². The molecule has 1 saturated heterocycles. The number of benzene rings is 1. The van der Waals surface area contributed by atoms with Crippen LogP contribution in [0, 0.1) is 0 Å². The Morgan fingerprint density at radius 1 is 1.16 bits per heavy atom. The standard InChI is InChI=1S/C19H23N2O4/c1-19(2,3)25-18(24)21(17(23)20-11-7-8-12-20)16(14-22)13-15-9-5-4-6-10-15/h4-6,9-10,13H,7-8,11-12H2,1-3H3. The minimum atomic E-state index is -0.880. The third-order valence-electron chi connectivity index (χ3n) is 3.59. The molecular weight excluding hydrogens is 320 g/mol. The topological polar surface area (TPSA) is 66.9 Å². The van der Waals surface area contributed by atoms with Crippen LogP contribution >= 0.6 is 0 Å². The van der Waals surface area contributed by atoms with E-state index < -0.39 is 17.7 Å². The van der Waals surface area contributed by atoms with Crippen molar-refractivity contribution >= 4 is 24.5 Å². The molecule has 2 rings (SSSR count). The van der Waals surface area contributed by atoms with Crippen LogP contribution in [0.25, 0.3) is 6.08 Å². The quantitative estimate of drug-likeness (QED) is 0.787. The fourth-order valence-electron chi connectivity index (χ4n) is 2.48. The van der Waals surface area contributed by atoms with Crippen LogP contribution in [0.15, 0.2) is 36.0 Å². The molecule has 0 saturated carbocycles. The fourth-order valence-corrected chi connectivity index (χ4v) is 2.48. The average molecular weight is 343 g/mol. The lowest BCUT2D eigenvalue weighted by atomic mass is 10.2. The number of urea groups is 1. The van der Waals surface area contributed by atoms with Gasteiger partial charge in [-0.05, 0) is 45.3 Å². The first-order valence-corrected chi connectivity index (χ1v) is 8.29. The monoisotopic (exact) mass is 343 g/mol. The van der Waals surface area contributed by atoms with Crippen molar-refractivity contribution in [2.75, 3.05) is 13.1 Å². The Labute approximate surface area is 148 Å². The molecule has 0 spiro atoms. The molecule has 1 aromatic rings. The van der Waals surface area contributed by atoms with E-state index in [4.69, 9.17) is 4.74 Å². The number of likely N-dealkylation sites (tertiary alicyclic amines) is 1. The predicted octanol–water partition coefficient (Wildman–Crippen LogP) is 3.59. The van der Waals surface area contributed by atoms with Crippen LogP contribution in [0.4, 0.5) is 9.59 Å². The van der Waals surface area contributed by atoms with Crippen LogP contribution in [0.2, 0.25) is 0 Å². The van der Waals surface area contributed by atoms with Gasteiger partial charge in [0.05, 0.1) is 0 Å². The Balaban J connectivity index is 2.37. The van der Waals surface area contributed by atoms with E-state index in [1.165, 1.54) is 6.08 Å². The molecule has 0 bridgehead atoms. The number of carbonyl (C=O) groups excluding carboxylic acids is 3. The Morgan fingerprint density at radius 2 is 1.76 bits per heavy atom. The molecule has 0 N–H and O–H groups in total. The first-order valence-electron chi connectivity index (χ1n) is 8.29. The van der Waals surface area contributed by atoms with E-state index in [-0.39, 0.29) is 5.70 Å². The second kappa shape index (κ2) is 7.96. The molecule has 25 heavy (non-hydrogen) atoms. The highest BCUT2D eigenvalue weighted by Gasteiger charge is 2.34. The smallest absolute Gasteiger partial charge is 0.423 e. The summed E-state index contributed by atoms with van der Waals surface area (Å²) in [5.74, 6) is 0. The number of imide groups is 1. The van der Waals surface area contributed by atoms with E-state index in [9.17, 15) is 14.4 Å². The molecule has 133 valence electrons. The van der Waals surface area contributed by atoms with Crippen LogP contribution in [0.3, 0.4) is 0 Å². The van der Waals surface area contributed by atoms with Crippen molar-refractivity contribution < 1.29 is 19.1 Å². The number of hydrogen-bond acceptors (Lipinski definition) is 4. The van der Waals surface area contributed by atoms with E-state index in [0.717, 1.165) is 17.7 Å². The van der Waals surface area contributed by atoms with Gasteiger partial charge in [-0.2, -0.15) is 4.90 Å². The molecular formula is C19H23N2O4. The van der Waals surface area contributed by atoms with Crippen LogP contribution in [0.5, 0.6) is 0 Å². The molecule has 6 nitrogen and oxygen atoms in total. The number of allylic oxidation sites excluding steroid dienone is 1. The number of carbonyl (C=O) groups is 2. The van der Waals surface area contributed by atoms with Crippen molar-refractivity contribution in [2.45, 2.75) is 39.2 Å². The zero-order chi connectivity index (χ0) is 18.4. The van der Waals surface area contributed by atoms with Crippen molar-refractivity contribution in [3.05, 3.63) is 41.6 Å². The molecule has 0 unspecified atom stereocenters. The first-order chi connectivity index (χ1) is 11.8. The van der Waals surface area contributed by atoms with Gasteiger partial charge in [0.1, 0.15) is 11.3 Å². The maximum Gasteiger partial charge on any atom is 0.423 e. The van der Waals surface area contributed by atoms with Gasteiger partial charge in [0.25, 0.3) is 6.29 Å². The maximum absolute atomic E-state index is 12.8. The molecule has 1 aliphatic heterocycles. The normalized spacial score (nSPS) is 15.0. The molecule has 0 atom stereocenters. The molecule has 0 aliphatic carbocycles. The number of hydrogen-bond donors (Lipinski definition) is 0. The minimum Gasteiger partial charge on any atom is -0.443 e. The van der Waals surface area contributed by atoms with Crippen molar-refractivity contribution in [2.24, 2.45) is 0 Å². The molecule has 1 radical (unpaired) electrons. The summed E-state index contributed by atoms with van der Waals surface area (Å²) in [7, 11) is 0. The SMILES string of the molecule is CC(C)(C)OC(=O)N(C(=O)N1CCCC1)C([C]=O)=Cc1ccccc1. The largest absolute Gasteiger partial charge is 0.443 e. The van der Waals surface area contributed by atoms with E-state index in [1.807, 2.05) is 6.07 Å². The van der Waals surface area contributed by atoms with Crippen LogP contribution < -0.4 is 0 Å². The summed E-state index contributed by atoms with van der Waals surface area (Å²) in [4.78, 5) is 39.2. The lowest BCUT2D eigenvalue weighted by molar-refractivity contribution is 0.0356. The van der Waals surface area contributed by atoms with Gasteiger partial charge < -0.3 is 9.64 Å². The zero-order valence-corrected chi connectivity index (χ0v) is 14.8. The van der Waals surface area contributed by atoms with Crippen molar-refractivity contribution in [1.82, 2.24) is 9.80 Å². The number of ether oxygens (including phenoxy) is 1. The summed E-state index contributed by atoms with van der Waals surface area (Å²) in [6.07, 6.45) is 4.02. The van der Waals surface area contributed by atoms with E-state index in [2.05, 4.69) is 0 Å². The van der Waals surface area contributed by atoms with Gasteiger partial charge >= 0.3 is 12.1 Å². The Kier molecular flexibility index (Phi) is 5.96. The third kappa shape index (κ3) is 5.17. The molecule has 1 heterocycles. The summed E-state index contributed by atoms with van der Waals surface area (Å²) in [5.41, 5.74) is -0.276. The highest BCUT2D eigenvalue weighted by molar-refractivity contribution is 6.01. The summed E-state index contributed by atoms with van der Waals surface area (Å²) >= 11 is 0. The van der Waals surface area contributed by atoms with Gasteiger partial charge in [0.2, 0.25) is 0 Å². The van der Waals surface area contributed by atoms with Crippen LogP contribution in [-0.2, 0) is 9.53 Å². The van der Waals surface area contributed by atoms with Crippen molar-refractivity contribution in [3.8, 4) is 0 Å². The number of amides is 3. The van der Waals surface area contributed by atoms with Crippen LogP contribution in [-0.4, -0.2) is 46.9 Å². The average Bonchev–Trinajstić information content (AvgIpc) is 3.07. The summed E-state index contributed by atoms with van der Waals surface area (Å²) in [6.45, 7) is 6.21. The molecule has 3 amide bonds. The molecule has 1 fully saturated rings. The zero-order valence-electron chi connectivity index (χ0n) is 14.8. The first kappa shape index (κ1) is 18.7. The maximum atomic E-state index is 12.8. The number of rotatable bonds is 3. The van der Waals surface area contributed by atoms with Gasteiger partial charge in [0, 0.05) is 13.1 Å². The Bertz CT molecular complexity index is 656. The fraction of sp³-hybridized carbons (Fsp3) is 0.421. The Morgan fingerprint density at radius 3 is 2.28 bits per heavy atom. The summed E-state index contributed by atoms with van der Waals surface area (Å²) in [6, 6.07) is 8.42. The van der Waals surface area contributed by atoms with E-state index >= 15 is 0 Å². The second-order valence-electron chi connectivity index (χ2n) is 6.83. The van der Waals surface area contributed by atoms with Gasteiger partial charge in [-0.1, -0.05) is 30.3 Å². The highest BCUT2D eigenvalue weighted by Crippen LogP contribution is 2.19.